The molecule has 0 saturated heterocycles. The third kappa shape index (κ3) is 4.98. The molecule has 0 fully saturated rings. The van der Waals surface area contributed by atoms with Crippen LogP contribution < -0.4 is 5.32 Å². The summed E-state index contributed by atoms with van der Waals surface area (Å²) in [5, 5.41) is 19.6. The van der Waals surface area contributed by atoms with E-state index in [0.29, 0.717) is 5.56 Å². The van der Waals surface area contributed by atoms with Crippen molar-refractivity contribution in [3.05, 3.63) is 35.4 Å². The third-order valence-electron chi connectivity index (χ3n) is 2.43. The molecule has 110 valence electrons. The fourth-order valence-electron chi connectivity index (χ4n) is 1.48. The lowest BCUT2D eigenvalue weighted by Gasteiger charge is -2.11. The fourth-order valence-corrected chi connectivity index (χ4v) is 2.28. The van der Waals surface area contributed by atoms with Gasteiger partial charge >= 0.3 is 5.97 Å². The maximum Gasteiger partial charge on any atom is 0.328 e. The van der Waals surface area contributed by atoms with E-state index >= 15 is 0 Å². The van der Waals surface area contributed by atoms with E-state index in [1.54, 1.807) is 0 Å². The van der Waals surface area contributed by atoms with Crippen LogP contribution in [0.4, 0.5) is 0 Å². The van der Waals surface area contributed by atoms with Crippen molar-refractivity contribution in [2.75, 3.05) is 12.9 Å². The second-order valence-corrected chi connectivity index (χ2v) is 6.45. The number of aliphatic hydroxyl groups is 1. The summed E-state index contributed by atoms with van der Waals surface area (Å²) in [4.78, 5) is 22.4. The molecule has 0 heterocycles. The smallest absolute Gasteiger partial charge is 0.328 e. The molecule has 0 bridgehead atoms. The number of aliphatic carboxylic acids is 1. The quantitative estimate of drug-likeness (QED) is 0.645. The van der Waals surface area contributed by atoms with Crippen LogP contribution in [0.15, 0.2) is 24.3 Å². The van der Waals surface area contributed by atoms with E-state index in [-0.39, 0.29) is 11.3 Å². The van der Waals surface area contributed by atoms with Crippen LogP contribution in [-0.4, -0.2) is 49.4 Å². The second-order valence-electron chi connectivity index (χ2n) is 4.31. The number of rotatable bonds is 6. The van der Waals surface area contributed by atoms with Gasteiger partial charge in [0.1, 0.15) is 0 Å². The number of benzene rings is 1. The van der Waals surface area contributed by atoms with Crippen LogP contribution in [0.2, 0.25) is 0 Å². The van der Waals surface area contributed by atoms with Crippen LogP contribution in [0.25, 0.3) is 0 Å². The normalized spacial score (nSPS) is 12.7. The minimum absolute atomic E-state index is 0.136. The molecular formula is C12H15NO6S. The summed E-state index contributed by atoms with van der Waals surface area (Å²) in [6.07, 6.45) is 1.10. The van der Waals surface area contributed by atoms with Gasteiger partial charge < -0.3 is 15.5 Å². The number of carboxylic acids is 1. The summed E-state index contributed by atoms with van der Waals surface area (Å²) in [5.74, 6) is -2.13. The summed E-state index contributed by atoms with van der Waals surface area (Å²) in [6.45, 7) is -0.715. The maximum atomic E-state index is 11.7. The number of carboxylic acid groups (broad SMARTS) is 1. The van der Waals surface area contributed by atoms with Gasteiger partial charge in [0, 0.05) is 11.8 Å². The van der Waals surface area contributed by atoms with Gasteiger partial charge in [0.25, 0.3) is 5.91 Å². The monoisotopic (exact) mass is 301 g/mol. The molecule has 0 aromatic heterocycles. The maximum absolute atomic E-state index is 11.7. The number of sulfone groups is 1. The summed E-state index contributed by atoms with van der Waals surface area (Å²) in [7, 11) is -3.16. The first-order valence-electron chi connectivity index (χ1n) is 5.64. The lowest BCUT2D eigenvalue weighted by atomic mass is 10.1. The highest BCUT2D eigenvalue weighted by Crippen LogP contribution is 2.08. The van der Waals surface area contributed by atoms with Gasteiger partial charge in [-0.05, 0) is 17.7 Å². The summed E-state index contributed by atoms with van der Waals surface area (Å²) >= 11 is 0. The van der Waals surface area contributed by atoms with Crippen molar-refractivity contribution in [3.63, 3.8) is 0 Å². The number of hydrogen-bond donors (Lipinski definition) is 3. The van der Waals surface area contributed by atoms with Crippen molar-refractivity contribution >= 4 is 21.7 Å². The average molecular weight is 301 g/mol. The first-order chi connectivity index (χ1) is 9.23. The van der Waals surface area contributed by atoms with Crippen molar-refractivity contribution in [2.24, 2.45) is 0 Å². The molecule has 3 N–H and O–H groups in total. The third-order valence-corrected chi connectivity index (χ3v) is 3.29. The Kier molecular flexibility index (Phi) is 5.23. The zero-order valence-electron chi connectivity index (χ0n) is 10.7. The molecule has 1 atom stereocenters. The Hall–Kier alpha value is -1.93. The Morgan fingerprint density at radius 2 is 1.80 bits per heavy atom. The second kappa shape index (κ2) is 6.49. The number of amides is 1. The van der Waals surface area contributed by atoms with Gasteiger partial charge in [-0.3, -0.25) is 4.79 Å². The molecule has 7 nitrogen and oxygen atoms in total. The summed E-state index contributed by atoms with van der Waals surface area (Å²) < 4.78 is 22.2. The van der Waals surface area contributed by atoms with Crippen molar-refractivity contribution in [3.8, 4) is 0 Å². The molecule has 20 heavy (non-hydrogen) atoms. The van der Waals surface area contributed by atoms with Gasteiger partial charge in [-0.2, -0.15) is 0 Å². The summed E-state index contributed by atoms with van der Waals surface area (Å²) in [5.41, 5.74) is 0.711. The van der Waals surface area contributed by atoms with E-state index in [9.17, 15) is 18.0 Å². The first-order valence-corrected chi connectivity index (χ1v) is 7.70. The molecular weight excluding hydrogens is 286 g/mol. The molecule has 0 unspecified atom stereocenters. The highest BCUT2D eigenvalue weighted by molar-refractivity contribution is 7.89. The Labute approximate surface area is 116 Å². The van der Waals surface area contributed by atoms with Gasteiger partial charge in [-0.1, -0.05) is 12.1 Å². The van der Waals surface area contributed by atoms with Gasteiger partial charge in [-0.15, -0.1) is 0 Å². The zero-order valence-corrected chi connectivity index (χ0v) is 11.6. The number of hydrogen-bond acceptors (Lipinski definition) is 5. The summed E-state index contributed by atoms with van der Waals surface area (Å²) in [6, 6.07) is 4.37. The van der Waals surface area contributed by atoms with E-state index in [1.807, 2.05) is 0 Å². The highest BCUT2D eigenvalue weighted by Gasteiger charge is 2.19. The molecule has 0 aliphatic rings. The Bertz CT molecular complexity index is 593. The van der Waals surface area contributed by atoms with E-state index in [4.69, 9.17) is 10.2 Å². The van der Waals surface area contributed by atoms with E-state index < -0.39 is 34.4 Å². The van der Waals surface area contributed by atoms with Crippen molar-refractivity contribution in [1.29, 1.82) is 0 Å². The van der Waals surface area contributed by atoms with E-state index in [0.717, 1.165) is 6.26 Å². The molecule has 1 aromatic carbocycles. The first kappa shape index (κ1) is 16.1. The minimum atomic E-state index is -3.16. The van der Waals surface area contributed by atoms with Crippen LogP contribution in [0.3, 0.4) is 0 Å². The largest absolute Gasteiger partial charge is 0.480 e. The number of carbonyl (C=O) groups excluding carboxylic acids is 1. The molecule has 8 heteroatoms. The molecule has 1 rings (SSSR count). The van der Waals surface area contributed by atoms with Crippen LogP contribution >= 0.6 is 0 Å². The minimum Gasteiger partial charge on any atom is -0.480 e. The number of nitrogens with one attached hydrogen (secondary N) is 1. The lowest BCUT2D eigenvalue weighted by molar-refractivity contribution is -0.140. The van der Waals surface area contributed by atoms with Crippen molar-refractivity contribution in [2.45, 2.75) is 11.8 Å². The van der Waals surface area contributed by atoms with Gasteiger partial charge in [0.15, 0.2) is 15.9 Å². The zero-order chi connectivity index (χ0) is 15.3. The SMILES string of the molecule is CS(=O)(=O)Cc1ccc(C(=O)N[C@H](CO)C(=O)O)cc1. The van der Waals surface area contributed by atoms with Crippen molar-refractivity contribution in [1.82, 2.24) is 5.32 Å². The number of carbonyl (C=O) groups is 2. The van der Waals surface area contributed by atoms with E-state index in [1.165, 1.54) is 24.3 Å². The number of aliphatic hydroxyl groups excluding tert-OH is 1. The van der Waals surface area contributed by atoms with Crippen LogP contribution in [0.1, 0.15) is 15.9 Å². The topological polar surface area (TPSA) is 121 Å². The molecule has 1 amide bonds. The molecule has 0 aliphatic heterocycles. The molecule has 1 aromatic rings. The van der Waals surface area contributed by atoms with Crippen LogP contribution in [0, 0.1) is 0 Å². The standard InChI is InChI=1S/C12H15NO6S/c1-20(18,19)7-8-2-4-9(5-3-8)11(15)13-10(6-14)12(16)17/h2-5,10,14H,6-7H2,1H3,(H,13,15)(H,16,17)/t10-/m1/s1. The van der Waals surface area contributed by atoms with Crippen LogP contribution in [-0.2, 0) is 20.4 Å². The predicted octanol–water partition coefficient (Wildman–Crippen LogP) is -0.593. The Morgan fingerprint density at radius 3 is 2.20 bits per heavy atom. The van der Waals surface area contributed by atoms with Gasteiger partial charge in [0.05, 0.1) is 12.4 Å². The van der Waals surface area contributed by atoms with Gasteiger partial charge in [-0.25, -0.2) is 13.2 Å². The Morgan fingerprint density at radius 1 is 1.25 bits per heavy atom. The van der Waals surface area contributed by atoms with Gasteiger partial charge in [0.2, 0.25) is 0 Å². The van der Waals surface area contributed by atoms with Crippen molar-refractivity contribution < 1.29 is 28.2 Å². The fraction of sp³-hybridized carbons (Fsp3) is 0.333. The highest BCUT2D eigenvalue weighted by atomic mass is 32.2. The molecule has 0 radical (unpaired) electrons. The van der Waals surface area contributed by atoms with E-state index in [2.05, 4.69) is 5.32 Å². The molecule has 0 saturated carbocycles. The van der Waals surface area contributed by atoms with Crippen LogP contribution in [0.5, 0.6) is 0 Å². The lowest BCUT2D eigenvalue weighted by Crippen LogP contribution is -2.43. The molecule has 0 spiro atoms. The Balaban J connectivity index is 2.78. The average Bonchev–Trinajstić information content (AvgIpc) is 2.34. The molecule has 0 aliphatic carbocycles. The predicted molar refractivity (Wildman–Crippen MR) is 71.0 cm³/mol.